The van der Waals surface area contributed by atoms with E-state index in [-0.39, 0.29) is 5.54 Å². The molecule has 0 radical (unpaired) electrons. The Hall–Kier alpha value is -0.0800. The van der Waals surface area contributed by atoms with Gasteiger partial charge in [-0.1, -0.05) is 54.4 Å². The third kappa shape index (κ3) is 8.26. The van der Waals surface area contributed by atoms with Crippen LogP contribution in [0.1, 0.15) is 81.1 Å². The van der Waals surface area contributed by atoms with Crippen molar-refractivity contribution >= 4 is 0 Å². The number of rotatable bonds is 10. The fraction of sp³-hybridized carbons (Fsp3) is 1.00. The standard InChI is InChI=1S/C18H40N2/c1-9-10-11-15(6)17(14(4)5)20-16(13(2)3)12-18(7,8)19/h13-17,20H,9-12,19H2,1-8H3. The SMILES string of the molecule is CCCCC(C)C(NC(CC(C)(C)N)C(C)C)C(C)C. The second-order valence-electron chi connectivity index (χ2n) is 8.10. The van der Waals surface area contributed by atoms with Gasteiger partial charge in [-0.25, -0.2) is 0 Å². The van der Waals surface area contributed by atoms with Crippen LogP contribution in [0.15, 0.2) is 0 Å². The normalized spacial score (nSPS) is 17.6. The molecule has 0 bridgehead atoms. The van der Waals surface area contributed by atoms with E-state index in [1.54, 1.807) is 0 Å². The van der Waals surface area contributed by atoms with Gasteiger partial charge in [0, 0.05) is 17.6 Å². The zero-order valence-corrected chi connectivity index (χ0v) is 15.3. The van der Waals surface area contributed by atoms with E-state index in [1.807, 2.05) is 0 Å². The second-order valence-corrected chi connectivity index (χ2v) is 8.10. The van der Waals surface area contributed by atoms with Crippen molar-refractivity contribution in [2.75, 3.05) is 0 Å². The van der Waals surface area contributed by atoms with Crippen molar-refractivity contribution in [1.82, 2.24) is 5.32 Å². The molecular weight excluding hydrogens is 244 g/mol. The van der Waals surface area contributed by atoms with Crippen molar-refractivity contribution in [2.24, 2.45) is 23.5 Å². The minimum atomic E-state index is -0.101. The van der Waals surface area contributed by atoms with Gasteiger partial charge in [-0.3, -0.25) is 0 Å². The molecule has 122 valence electrons. The van der Waals surface area contributed by atoms with Crippen LogP contribution in [0.3, 0.4) is 0 Å². The fourth-order valence-corrected chi connectivity index (χ4v) is 3.02. The summed E-state index contributed by atoms with van der Waals surface area (Å²) in [6, 6.07) is 1.10. The molecule has 0 aromatic carbocycles. The van der Waals surface area contributed by atoms with Gasteiger partial charge in [-0.15, -0.1) is 0 Å². The molecule has 0 saturated heterocycles. The monoisotopic (exact) mass is 284 g/mol. The number of nitrogens with one attached hydrogen (secondary N) is 1. The summed E-state index contributed by atoms with van der Waals surface area (Å²) in [7, 11) is 0. The highest BCUT2D eigenvalue weighted by molar-refractivity contribution is 4.87. The molecule has 3 N–H and O–H groups in total. The maximum Gasteiger partial charge on any atom is 0.0118 e. The van der Waals surface area contributed by atoms with E-state index in [0.717, 1.165) is 12.3 Å². The van der Waals surface area contributed by atoms with Crippen LogP contribution in [0, 0.1) is 17.8 Å². The molecule has 3 unspecified atom stereocenters. The van der Waals surface area contributed by atoms with Gasteiger partial charge in [0.05, 0.1) is 0 Å². The van der Waals surface area contributed by atoms with Crippen LogP contribution in [0.5, 0.6) is 0 Å². The second kappa shape index (κ2) is 9.04. The molecule has 0 heterocycles. The lowest BCUT2D eigenvalue weighted by Gasteiger charge is -2.37. The highest BCUT2D eigenvalue weighted by Gasteiger charge is 2.27. The summed E-state index contributed by atoms with van der Waals surface area (Å²) in [6.07, 6.45) is 4.98. The first-order chi connectivity index (χ1) is 9.08. The first-order valence-corrected chi connectivity index (χ1v) is 8.63. The Morgan fingerprint density at radius 1 is 1.00 bits per heavy atom. The van der Waals surface area contributed by atoms with Gasteiger partial charge in [-0.2, -0.15) is 0 Å². The fourth-order valence-electron chi connectivity index (χ4n) is 3.02. The Labute approximate surface area is 128 Å². The molecule has 0 aromatic rings. The predicted octanol–water partition coefficient (Wildman–Crippen LogP) is 4.58. The first-order valence-electron chi connectivity index (χ1n) is 8.63. The molecule has 0 aliphatic heterocycles. The van der Waals surface area contributed by atoms with Gasteiger partial charge in [0.2, 0.25) is 0 Å². The van der Waals surface area contributed by atoms with Gasteiger partial charge >= 0.3 is 0 Å². The van der Waals surface area contributed by atoms with Crippen LogP contribution in [0.25, 0.3) is 0 Å². The molecule has 0 rings (SSSR count). The third-order valence-corrected chi connectivity index (χ3v) is 4.30. The molecule has 0 amide bonds. The quantitative estimate of drug-likeness (QED) is 0.616. The van der Waals surface area contributed by atoms with E-state index in [4.69, 9.17) is 5.73 Å². The predicted molar refractivity (Wildman–Crippen MR) is 92.0 cm³/mol. The van der Waals surface area contributed by atoms with E-state index >= 15 is 0 Å². The highest BCUT2D eigenvalue weighted by atomic mass is 15.0. The first kappa shape index (κ1) is 19.9. The Balaban J connectivity index is 4.74. The number of hydrogen-bond acceptors (Lipinski definition) is 2. The summed E-state index contributed by atoms with van der Waals surface area (Å²) in [5, 5.41) is 3.94. The van der Waals surface area contributed by atoms with Crippen LogP contribution in [0.4, 0.5) is 0 Å². The topological polar surface area (TPSA) is 38.0 Å². The van der Waals surface area contributed by atoms with Crippen LogP contribution in [0.2, 0.25) is 0 Å². The van der Waals surface area contributed by atoms with Gasteiger partial charge in [0.15, 0.2) is 0 Å². The lowest BCUT2D eigenvalue weighted by molar-refractivity contribution is 0.210. The van der Waals surface area contributed by atoms with E-state index in [9.17, 15) is 0 Å². The van der Waals surface area contributed by atoms with Crippen molar-refractivity contribution in [1.29, 1.82) is 0 Å². The summed E-state index contributed by atoms with van der Waals surface area (Å²) < 4.78 is 0. The van der Waals surface area contributed by atoms with Crippen molar-refractivity contribution in [3.05, 3.63) is 0 Å². The van der Waals surface area contributed by atoms with Crippen molar-refractivity contribution in [2.45, 2.75) is 98.7 Å². The van der Waals surface area contributed by atoms with Crippen LogP contribution >= 0.6 is 0 Å². The summed E-state index contributed by atoms with van der Waals surface area (Å²) in [5.74, 6) is 2.03. The average molecular weight is 285 g/mol. The zero-order valence-electron chi connectivity index (χ0n) is 15.3. The maximum absolute atomic E-state index is 6.24. The summed E-state index contributed by atoms with van der Waals surface area (Å²) in [6.45, 7) is 18.2. The number of nitrogens with two attached hydrogens (primary N) is 1. The van der Waals surface area contributed by atoms with Gasteiger partial charge in [0.1, 0.15) is 0 Å². The zero-order chi connectivity index (χ0) is 15.9. The summed E-state index contributed by atoms with van der Waals surface area (Å²) >= 11 is 0. The van der Waals surface area contributed by atoms with Crippen molar-refractivity contribution in [3.63, 3.8) is 0 Å². The summed E-state index contributed by atoms with van der Waals surface area (Å²) in [5.41, 5.74) is 6.14. The van der Waals surface area contributed by atoms with Crippen LogP contribution in [-0.4, -0.2) is 17.6 Å². The molecule has 0 saturated carbocycles. The molecule has 3 atom stereocenters. The molecule has 0 aromatic heterocycles. The maximum atomic E-state index is 6.24. The molecule has 20 heavy (non-hydrogen) atoms. The Morgan fingerprint density at radius 3 is 1.90 bits per heavy atom. The van der Waals surface area contributed by atoms with E-state index in [0.29, 0.717) is 23.9 Å². The molecule has 0 aliphatic rings. The lowest BCUT2D eigenvalue weighted by Crippen LogP contribution is -2.51. The van der Waals surface area contributed by atoms with Crippen molar-refractivity contribution < 1.29 is 0 Å². The van der Waals surface area contributed by atoms with Gasteiger partial charge in [-0.05, 0) is 44.4 Å². The van der Waals surface area contributed by atoms with Crippen molar-refractivity contribution in [3.8, 4) is 0 Å². The molecule has 0 spiro atoms. The van der Waals surface area contributed by atoms with Gasteiger partial charge in [0.25, 0.3) is 0 Å². The Morgan fingerprint density at radius 2 is 1.55 bits per heavy atom. The molecule has 2 heteroatoms. The van der Waals surface area contributed by atoms with Gasteiger partial charge < -0.3 is 11.1 Å². The molecular formula is C18H40N2. The van der Waals surface area contributed by atoms with E-state index < -0.39 is 0 Å². The highest BCUT2D eigenvalue weighted by Crippen LogP contribution is 2.23. The third-order valence-electron chi connectivity index (χ3n) is 4.30. The molecule has 2 nitrogen and oxygen atoms in total. The Kier molecular flexibility index (Phi) is 9.01. The Bertz CT molecular complexity index is 240. The van der Waals surface area contributed by atoms with E-state index in [2.05, 4.69) is 60.7 Å². The number of unbranched alkanes of at least 4 members (excludes halogenated alkanes) is 1. The van der Waals surface area contributed by atoms with Crippen LogP contribution < -0.4 is 11.1 Å². The molecule has 0 fully saturated rings. The minimum absolute atomic E-state index is 0.101. The largest absolute Gasteiger partial charge is 0.326 e. The lowest BCUT2D eigenvalue weighted by atomic mass is 9.84. The minimum Gasteiger partial charge on any atom is -0.326 e. The molecule has 0 aliphatic carbocycles. The smallest absolute Gasteiger partial charge is 0.0118 e. The van der Waals surface area contributed by atoms with Crippen LogP contribution in [-0.2, 0) is 0 Å². The summed E-state index contributed by atoms with van der Waals surface area (Å²) in [4.78, 5) is 0. The van der Waals surface area contributed by atoms with E-state index in [1.165, 1.54) is 19.3 Å². The average Bonchev–Trinajstić information content (AvgIpc) is 2.29. The number of hydrogen-bond donors (Lipinski definition) is 2.